The molecule has 1 aromatic heterocycles. The lowest BCUT2D eigenvalue weighted by molar-refractivity contribution is -0.142. The lowest BCUT2D eigenvalue weighted by atomic mass is 9.94. The van der Waals surface area contributed by atoms with E-state index >= 15 is 0 Å². The van der Waals surface area contributed by atoms with E-state index in [1.165, 1.54) is 0 Å². The largest absolute Gasteiger partial charge is 0.480 e. The number of hydrogen-bond acceptors (Lipinski definition) is 4. The molecule has 0 amide bonds. The highest BCUT2D eigenvalue weighted by Gasteiger charge is 2.19. The molecule has 1 N–H and O–H groups in total. The van der Waals surface area contributed by atoms with Crippen LogP contribution in [0.15, 0.2) is 10.6 Å². The third-order valence-corrected chi connectivity index (χ3v) is 1.74. The number of aromatic nitrogens is 1. The van der Waals surface area contributed by atoms with E-state index in [2.05, 4.69) is 4.98 Å². The van der Waals surface area contributed by atoms with Gasteiger partial charge >= 0.3 is 5.97 Å². The van der Waals surface area contributed by atoms with E-state index in [4.69, 9.17) is 14.3 Å². The summed E-state index contributed by atoms with van der Waals surface area (Å²) in [5, 5.41) is 8.35. The number of rotatable bonds is 4. The molecule has 0 aliphatic rings. The number of hydrogen-bond donors (Lipinski definition) is 1. The highest BCUT2D eigenvalue weighted by atomic mass is 16.5. The first-order chi connectivity index (χ1) is 6.89. The van der Waals surface area contributed by atoms with Gasteiger partial charge in [0.25, 0.3) is 0 Å². The summed E-state index contributed by atoms with van der Waals surface area (Å²) in [7, 11) is 0. The van der Waals surface area contributed by atoms with Crippen molar-refractivity contribution in [2.24, 2.45) is 0 Å². The number of aliphatic carboxylic acids is 1. The number of carboxylic acids is 1. The van der Waals surface area contributed by atoms with Crippen LogP contribution in [0.3, 0.4) is 0 Å². The average Bonchev–Trinajstić information content (AvgIpc) is 2.51. The highest BCUT2D eigenvalue weighted by molar-refractivity contribution is 5.67. The molecule has 84 valence electrons. The van der Waals surface area contributed by atoms with Crippen LogP contribution in [0.5, 0.6) is 0 Å². The molecule has 0 aliphatic heterocycles. The van der Waals surface area contributed by atoms with Crippen molar-refractivity contribution in [3.8, 4) is 0 Å². The van der Waals surface area contributed by atoms with Gasteiger partial charge in [-0.15, -0.1) is 0 Å². The van der Waals surface area contributed by atoms with Crippen molar-refractivity contribution in [2.45, 2.75) is 32.8 Å². The van der Waals surface area contributed by atoms with E-state index in [9.17, 15) is 4.79 Å². The second kappa shape index (κ2) is 4.44. The number of ether oxygens (including phenoxy) is 1. The molecule has 1 rings (SSSR count). The summed E-state index contributed by atoms with van der Waals surface area (Å²) in [6.45, 7) is 5.77. The van der Waals surface area contributed by atoms with Gasteiger partial charge in [0.2, 0.25) is 5.89 Å². The number of carbonyl (C=O) groups is 1. The Labute approximate surface area is 88.1 Å². The van der Waals surface area contributed by atoms with Crippen LogP contribution < -0.4 is 0 Å². The second-order valence-electron chi connectivity index (χ2n) is 4.25. The van der Waals surface area contributed by atoms with Crippen LogP contribution in [-0.2, 0) is 21.6 Å². The van der Waals surface area contributed by atoms with Crippen molar-refractivity contribution < 1.29 is 19.1 Å². The normalized spacial score (nSPS) is 11.7. The van der Waals surface area contributed by atoms with E-state index in [0.717, 1.165) is 5.76 Å². The Morgan fingerprint density at radius 1 is 1.60 bits per heavy atom. The zero-order valence-electron chi connectivity index (χ0n) is 9.11. The summed E-state index contributed by atoms with van der Waals surface area (Å²) >= 11 is 0. The smallest absolute Gasteiger partial charge is 0.329 e. The van der Waals surface area contributed by atoms with Crippen molar-refractivity contribution in [3.05, 3.63) is 17.8 Å². The molecule has 15 heavy (non-hydrogen) atoms. The SMILES string of the molecule is CC(C)(C)c1cnc(COCC(=O)O)o1. The molecule has 0 aromatic carbocycles. The van der Waals surface area contributed by atoms with Crippen LogP contribution >= 0.6 is 0 Å². The van der Waals surface area contributed by atoms with Crippen molar-refractivity contribution >= 4 is 5.97 Å². The summed E-state index contributed by atoms with van der Waals surface area (Å²) in [4.78, 5) is 14.2. The predicted octanol–water partition coefficient (Wildman–Crippen LogP) is 1.57. The van der Waals surface area contributed by atoms with E-state index < -0.39 is 5.97 Å². The van der Waals surface area contributed by atoms with E-state index in [0.29, 0.717) is 5.89 Å². The summed E-state index contributed by atoms with van der Waals surface area (Å²) in [6, 6.07) is 0. The topological polar surface area (TPSA) is 72.6 Å². The molecule has 1 heterocycles. The summed E-state index contributed by atoms with van der Waals surface area (Å²) in [6.07, 6.45) is 1.64. The molecular weight excluding hydrogens is 198 g/mol. The van der Waals surface area contributed by atoms with Crippen LogP contribution in [0.25, 0.3) is 0 Å². The van der Waals surface area contributed by atoms with Gasteiger partial charge in [-0.3, -0.25) is 0 Å². The van der Waals surface area contributed by atoms with Crippen LogP contribution in [0.2, 0.25) is 0 Å². The summed E-state index contributed by atoms with van der Waals surface area (Å²) in [5.74, 6) is 0.162. The number of carboxylic acid groups (broad SMARTS) is 1. The minimum Gasteiger partial charge on any atom is -0.480 e. The maximum Gasteiger partial charge on any atom is 0.329 e. The standard InChI is InChI=1S/C10H15NO4/c1-10(2,3)7-4-11-8(15-7)5-14-6-9(12)13/h4H,5-6H2,1-3H3,(H,12,13). The van der Waals surface area contributed by atoms with Gasteiger partial charge in [0, 0.05) is 5.41 Å². The molecule has 0 aliphatic carbocycles. The first kappa shape index (κ1) is 11.7. The van der Waals surface area contributed by atoms with Gasteiger partial charge in [-0.05, 0) is 0 Å². The molecular formula is C10H15NO4. The van der Waals surface area contributed by atoms with Crippen LogP contribution in [0.1, 0.15) is 32.4 Å². The van der Waals surface area contributed by atoms with Crippen molar-refractivity contribution in [1.82, 2.24) is 4.98 Å². The fraction of sp³-hybridized carbons (Fsp3) is 0.600. The average molecular weight is 213 g/mol. The van der Waals surface area contributed by atoms with Gasteiger partial charge in [0.15, 0.2) is 0 Å². The van der Waals surface area contributed by atoms with Crippen molar-refractivity contribution in [3.63, 3.8) is 0 Å². The Morgan fingerprint density at radius 2 is 2.27 bits per heavy atom. The molecule has 0 radical (unpaired) electrons. The van der Waals surface area contributed by atoms with Gasteiger partial charge in [0.05, 0.1) is 6.20 Å². The molecule has 5 heteroatoms. The third kappa shape index (κ3) is 3.71. The minimum atomic E-state index is -1.00. The lowest BCUT2D eigenvalue weighted by Gasteiger charge is -2.12. The van der Waals surface area contributed by atoms with Crippen LogP contribution in [0, 0.1) is 0 Å². The third-order valence-electron chi connectivity index (χ3n) is 1.74. The van der Waals surface area contributed by atoms with Gasteiger partial charge < -0.3 is 14.3 Å². The molecule has 0 fully saturated rings. The monoisotopic (exact) mass is 213 g/mol. The van der Waals surface area contributed by atoms with E-state index in [-0.39, 0.29) is 18.6 Å². The fourth-order valence-corrected chi connectivity index (χ4v) is 0.949. The number of oxazole rings is 1. The van der Waals surface area contributed by atoms with Gasteiger partial charge in [0.1, 0.15) is 19.0 Å². The minimum absolute atomic E-state index is 0.0857. The molecule has 0 spiro atoms. The quantitative estimate of drug-likeness (QED) is 0.821. The Kier molecular flexibility index (Phi) is 3.47. The summed E-state index contributed by atoms with van der Waals surface area (Å²) < 4.78 is 10.3. The summed E-state index contributed by atoms with van der Waals surface area (Å²) in [5.41, 5.74) is -0.0992. The fourth-order valence-electron chi connectivity index (χ4n) is 0.949. The molecule has 0 saturated carbocycles. The maximum absolute atomic E-state index is 10.2. The molecule has 0 atom stereocenters. The molecule has 1 aromatic rings. The van der Waals surface area contributed by atoms with Crippen molar-refractivity contribution in [2.75, 3.05) is 6.61 Å². The van der Waals surface area contributed by atoms with Gasteiger partial charge in [-0.1, -0.05) is 20.8 Å². The van der Waals surface area contributed by atoms with Crippen LogP contribution in [0.4, 0.5) is 0 Å². The molecule has 5 nitrogen and oxygen atoms in total. The molecule has 0 unspecified atom stereocenters. The second-order valence-corrected chi connectivity index (χ2v) is 4.25. The van der Waals surface area contributed by atoms with E-state index in [1.54, 1.807) is 6.20 Å². The van der Waals surface area contributed by atoms with E-state index in [1.807, 2.05) is 20.8 Å². The first-order valence-corrected chi connectivity index (χ1v) is 4.64. The Hall–Kier alpha value is -1.36. The van der Waals surface area contributed by atoms with Crippen LogP contribution in [-0.4, -0.2) is 22.7 Å². The molecule has 0 bridgehead atoms. The Bertz CT molecular complexity index is 337. The zero-order chi connectivity index (χ0) is 11.5. The maximum atomic E-state index is 10.2. The predicted molar refractivity (Wildman–Crippen MR) is 52.5 cm³/mol. The number of nitrogens with zero attached hydrogens (tertiary/aromatic N) is 1. The molecule has 0 saturated heterocycles. The lowest BCUT2D eigenvalue weighted by Crippen LogP contribution is -2.09. The van der Waals surface area contributed by atoms with Crippen molar-refractivity contribution in [1.29, 1.82) is 0 Å². The highest BCUT2D eigenvalue weighted by Crippen LogP contribution is 2.22. The Balaban J connectivity index is 2.50. The zero-order valence-corrected chi connectivity index (χ0v) is 9.11. The first-order valence-electron chi connectivity index (χ1n) is 4.64. The van der Waals surface area contributed by atoms with Gasteiger partial charge in [-0.2, -0.15) is 0 Å². The Morgan fingerprint density at radius 3 is 2.73 bits per heavy atom. The van der Waals surface area contributed by atoms with Gasteiger partial charge in [-0.25, -0.2) is 9.78 Å².